The first-order chi connectivity index (χ1) is 32.5. The van der Waals surface area contributed by atoms with Crippen molar-refractivity contribution < 1.29 is 28.6 Å². The second-order valence-corrected chi connectivity index (χ2v) is 16.7. The molecule has 370 valence electrons. The number of rotatable bonds is 45. The molecule has 0 saturated carbocycles. The van der Waals surface area contributed by atoms with Gasteiger partial charge in [0.15, 0.2) is 6.10 Å². The summed E-state index contributed by atoms with van der Waals surface area (Å²) in [6.45, 7) is 6.27. The van der Waals surface area contributed by atoms with Crippen molar-refractivity contribution >= 4 is 17.9 Å². The highest BCUT2D eigenvalue weighted by Crippen LogP contribution is 2.12. The molecule has 6 heteroatoms. The number of esters is 3. The molecule has 66 heavy (non-hydrogen) atoms. The van der Waals surface area contributed by atoms with Crippen LogP contribution in [0.3, 0.4) is 0 Å². The molecule has 0 rings (SSSR count). The van der Waals surface area contributed by atoms with Crippen LogP contribution in [-0.4, -0.2) is 37.2 Å². The van der Waals surface area contributed by atoms with Gasteiger partial charge in [0, 0.05) is 19.3 Å². The highest BCUT2D eigenvalue weighted by Gasteiger charge is 2.19. The Labute approximate surface area is 405 Å². The monoisotopic (exact) mass is 911 g/mol. The van der Waals surface area contributed by atoms with Gasteiger partial charge in [-0.25, -0.2) is 0 Å². The molecule has 0 aromatic rings. The Morgan fingerprint density at radius 3 is 1.12 bits per heavy atom. The highest BCUT2D eigenvalue weighted by atomic mass is 16.6. The fourth-order valence-corrected chi connectivity index (χ4v) is 6.55. The number of ether oxygens (including phenoxy) is 3. The number of carbonyl (C=O) groups excluding carboxylic acids is 3. The van der Waals surface area contributed by atoms with Crippen LogP contribution in [0.15, 0.2) is 134 Å². The lowest BCUT2D eigenvalue weighted by atomic mass is 10.1. The van der Waals surface area contributed by atoms with Gasteiger partial charge in [-0.1, -0.05) is 206 Å². The van der Waals surface area contributed by atoms with Gasteiger partial charge in [-0.3, -0.25) is 14.4 Å². The SMILES string of the molecule is CC/C=C\C/C=C\C/C=C\C/C=C\C/C=C\CCCCCC(=O)OCC(COC(=O)CCC/C=C\C/C=C\C/C=C\CC)OC(=O)CCCCCCC\C=C/C=C\C=C/CCCCCCC. The van der Waals surface area contributed by atoms with Gasteiger partial charge >= 0.3 is 17.9 Å². The molecule has 0 aliphatic heterocycles. The van der Waals surface area contributed by atoms with E-state index in [9.17, 15) is 14.4 Å². The molecular weight excluding hydrogens is 817 g/mol. The van der Waals surface area contributed by atoms with E-state index >= 15 is 0 Å². The minimum absolute atomic E-state index is 0.125. The summed E-state index contributed by atoms with van der Waals surface area (Å²) in [5.74, 6) is -1.04. The van der Waals surface area contributed by atoms with Crippen molar-refractivity contribution in [3.05, 3.63) is 134 Å². The standard InChI is InChI=1S/C60H94O6/c1-4-7-10-13-16-19-22-24-26-28-30-32-33-35-38-41-44-47-50-53-59(62)65-56-57(55-64-58(61)52-49-46-43-40-37-21-18-15-12-9-6-3)66-60(63)54-51-48-45-42-39-36-34-31-29-27-25-23-20-17-14-11-8-5-2/h7,9-10,12,16,18-19,21,23-27,29-32,34-35,38,40,43,57H,4-6,8,11,13-15,17,20,22,28,33,36-37,39,41-42,44-56H2,1-3H3/b10-7-,12-9-,19-16-,21-18-,25-23-,26-24-,29-27-,32-30-,34-31-,38-35-,43-40-. The smallest absolute Gasteiger partial charge is 0.306 e. The molecule has 6 nitrogen and oxygen atoms in total. The Bertz CT molecular complexity index is 1460. The maximum atomic E-state index is 12.8. The zero-order chi connectivity index (χ0) is 47.9. The summed E-state index contributed by atoms with van der Waals surface area (Å²) in [7, 11) is 0. The molecule has 0 fully saturated rings. The molecule has 0 heterocycles. The van der Waals surface area contributed by atoms with E-state index in [0.717, 1.165) is 128 Å². The molecule has 0 saturated heterocycles. The molecule has 0 radical (unpaired) electrons. The maximum absolute atomic E-state index is 12.8. The maximum Gasteiger partial charge on any atom is 0.306 e. The van der Waals surface area contributed by atoms with E-state index in [4.69, 9.17) is 14.2 Å². The highest BCUT2D eigenvalue weighted by molar-refractivity contribution is 5.71. The van der Waals surface area contributed by atoms with Crippen molar-refractivity contribution in [1.29, 1.82) is 0 Å². The van der Waals surface area contributed by atoms with E-state index < -0.39 is 6.10 Å². The first-order valence-electron chi connectivity index (χ1n) is 26.2. The lowest BCUT2D eigenvalue weighted by Crippen LogP contribution is -2.30. The van der Waals surface area contributed by atoms with E-state index in [1.165, 1.54) is 32.1 Å². The van der Waals surface area contributed by atoms with Crippen molar-refractivity contribution in [2.75, 3.05) is 13.2 Å². The third-order valence-electron chi connectivity index (χ3n) is 10.4. The van der Waals surface area contributed by atoms with Gasteiger partial charge in [-0.15, -0.1) is 0 Å². The van der Waals surface area contributed by atoms with Crippen LogP contribution >= 0.6 is 0 Å². The zero-order valence-electron chi connectivity index (χ0n) is 42.1. The van der Waals surface area contributed by atoms with Gasteiger partial charge in [0.1, 0.15) is 13.2 Å². The van der Waals surface area contributed by atoms with Gasteiger partial charge < -0.3 is 14.2 Å². The second kappa shape index (κ2) is 53.2. The van der Waals surface area contributed by atoms with E-state index in [0.29, 0.717) is 12.8 Å². The van der Waals surface area contributed by atoms with Crippen LogP contribution in [0.2, 0.25) is 0 Å². The van der Waals surface area contributed by atoms with E-state index in [2.05, 4.69) is 154 Å². The molecule has 0 aromatic carbocycles. The summed E-state index contributed by atoms with van der Waals surface area (Å²) in [5, 5.41) is 0. The molecule has 0 bridgehead atoms. The largest absolute Gasteiger partial charge is 0.462 e. The molecule has 0 N–H and O–H groups in total. The van der Waals surface area contributed by atoms with E-state index in [1.54, 1.807) is 0 Å². The van der Waals surface area contributed by atoms with Crippen LogP contribution in [0.5, 0.6) is 0 Å². The van der Waals surface area contributed by atoms with Gasteiger partial charge in [0.2, 0.25) is 0 Å². The van der Waals surface area contributed by atoms with Crippen LogP contribution in [0.4, 0.5) is 0 Å². The third kappa shape index (κ3) is 50.5. The summed E-state index contributed by atoms with van der Waals surface area (Å²) < 4.78 is 16.7. The zero-order valence-corrected chi connectivity index (χ0v) is 42.1. The van der Waals surface area contributed by atoms with Crippen molar-refractivity contribution in [2.45, 2.75) is 213 Å². The molecule has 0 aliphatic rings. The van der Waals surface area contributed by atoms with E-state index in [1.807, 2.05) is 0 Å². The summed E-state index contributed by atoms with van der Waals surface area (Å²) in [4.78, 5) is 38.0. The minimum atomic E-state index is -0.827. The Kier molecular flexibility index (Phi) is 49.6. The topological polar surface area (TPSA) is 78.9 Å². The second-order valence-electron chi connectivity index (χ2n) is 16.7. The molecule has 0 amide bonds. The Hall–Kier alpha value is -4.45. The predicted molar refractivity (Wildman–Crippen MR) is 283 cm³/mol. The summed E-state index contributed by atoms with van der Waals surface area (Å²) >= 11 is 0. The van der Waals surface area contributed by atoms with Gasteiger partial charge in [0.05, 0.1) is 0 Å². The average molecular weight is 911 g/mol. The van der Waals surface area contributed by atoms with Crippen LogP contribution < -0.4 is 0 Å². The van der Waals surface area contributed by atoms with Crippen LogP contribution in [0.25, 0.3) is 0 Å². The van der Waals surface area contributed by atoms with Gasteiger partial charge in [-0.2, -0.15) is 0 Å². The summed E-state index contributed by atoms with van der Waals surface area (Å²) in [6, 6.07) is 0. The molecule has 0 aromatic heterocycles. The van der Waals surface area contributed by atoms with Crippen molar-refractivity contribution in [3.63, 3.8) is 0 Å². The van der Waals surface area contributed by atoms with Crippen LogP contribution in [0, 0.1) is 0 Å². The molecule has 0 spiro atoms. The van der Waals surface area contributed by atoms with Crippen LogP contribution in [0.1, 0.15) is 207 Å². The fourth-order valence-electron chi connectivity index (χ4n) is 6.55. The summed E-state index contributed by atoms with van der Waals surface area (Å²) in [6.07, 6.45) is 74.4. The number of hydrogen-bond acceptors (Lipinski definition) is 6. The third-order valence-corrected chi connectivity index (χ3v) is 10.4. The first kappa shape index (κ1) is 61.5. The van der Waals surface area contributed by atoms with Crippen molar-refractivity contribution in [2.24, 2.45) is 0 Å². The number of carbonyl (C=O) groups is 3. The first-order valence-corrected chi connectivity index (χ1v) is 26.2. The molecule has 0 aliphatic carbocycles. The average Bonchev–Trinajstić information content (AvgIpc) is 3.31. The number of hydrogen-bond donors (Lipinski definition) is 0. The summed E-state index contributed by atoms with van der Waals surface area (Å²) in [5.41, 5.74) is 0. The van der Waals surface area contributed by atoms with E-state index in [-0.39, 0.29) is 44.0 Å². The molecule has 1 atom stereocenters. The number of allylic oxidation sites excluding steroid dienone is 22. The van der Waals surface area contributed by atoms with Crippen molar-refractivity contribution in [1.82, 2.24) is 0 Å². The van der Waals surface area contributed by atoms with Gasteiger partial charge in [-0.05, 0) is 116 Å². The number of unbranched alkanes of at least 4 members (excludes halogenated alkanes) is 14. The Morgan fingerprint density at radius 1 is 0.333 bits per heavy atom. The normalized spacial score (nSPS) is 13.2. The van der Waals surface area contributed by atoms with Crippen LogP contribution in [-0.2, 0) is 28.6 Å². The van der Waals surface area contributed by atoms with Gasteiger partial charge in [0.25, 0.3) is 0 Å². The Balaban J connectivity index is 4.54. The lowest BCUT2D eigenvalue weighted by molar-refractivity contribution is -0.167. The Morgan fingerprint density at radius 2 is 0.667 bits per heavy atom. The fraction of sp³-hybridized carbons (Fsp3) is 0.583. The molecular formula is C60H94O6. The molecule has 1 unspecified atom stereocenters. The lowest BCUT2D eigenvalue weighted by Gasteiger charge is -2.18. The minimum Gasteiger partial charge on any atom is -0.462 e. The quantitative estimate of drug-likeness (QED) is 0.0199. The van der Waals surface area contributed by atoms with Crippen molar-refractivity contribution in [3.8, 4) is 0 Å². The predicted octanol–water partition coefficient (Wildman–Crippen LogP) is 17.5.